The van der Waals surface area contributed by atoms with Crippen LogP contribution >= 0.6 is 22.9 Å². The molecule has 1 rings (SSSR count). The normalized spacial score (nSPS) is 10.4. The number of rotatable bonds is 6. The van der Waals surface area contributed by atoms with Crippen molar-refractivity contribution in [2.45, 2.75) is 19.4 Å². The second-order valence-corrected chi connectivity index (χ2v) is 4.34. The quantitative estimate of drug-likeness (QED) is 0.742. The lowest BCUT2D eigenvalue weighted by Crippen LogP contribution is -2.14. The third-order valence-corrected chi connectivity index (χ3v) is 2.95. The molecule has 0 bridgehead atoms. The highest BCUT2D eigenvalue weighted by Gasteiger charge is 1.98. The molecule has 0 unspecified atom stereocenters. The number of hydrogen-bond donors (Lipinski definition) is 2. The molecular formula is C9H12ClNO2S. The lowest BCUT2D eigenvalue weighted by atomic mass is 10.3. The van der Waals surface area contributed by atoms with Crippen LogP contribution in [-0.2, 0) is 11.3 Å². The lowest BCUT2D eigenvalue weighted by molar-refractivity contribution is -0.137. The van der Waals surface area contributed by atoms with Crippen molar-refractivity contribution in [1.82, 2.24) is 5.32 Å². The van der Waals surface area contributed by atoms with Crippen LogP contribution in [0.15, 0.2) is 11.4 Å². The van der Waals surface area contributed by atoms with Gasteiger partial charge in [0.05, 0.1) is 5.02 Å². The molecule has 1 aromatic heterocycles. The Morgan fingerprint density at radius 3 is 3.00 bits per heavy atom. The van der Waals surface area contributed by atoms with Gasteiger partial charge < -0.3 is 10.4 Å². The fourth-order valence-electron chi connectivity index (χ4n) is 1.02. The number of carbonyl (C=O) groups is 1. The van der Waals surface area contributed by atoms with E-state index in [1.807, 2.05) is 11.4 Å². The monoisotopic (exact) mass is 233 g/mol. The number of carboxylic acids is 1. The molecule has 0 aliphatic heterocycles. The van der Waals surface area contributed by atoms with E-state index >= 15 is 0 Å². The molecule has 0 fully saturated rings. The van der Waals surface area contributed by atoms with Crippen molar-refractivity contribution in [3.63, 3.8) is 0 Å². The van der Waals surface area contributed by atoms with Gasteiger partial charge in [0.15, 0.2) is 0 Å². The first-order valence-corrected chi connectivity index (χ1v) is 5.59. The molecular weight excluding hydrogens is 222 g/mol. The number of carboxylic acid groups (broad SMARTS) is 1. The molecule has 1 heterocycles. The summed E-state index contributed by atoms with van der Waals surface area (Å²) in [6.07, 6.45) is 0.882. The van der Waals surface area contributed by atoms with Crippen LogP contribution in [0.4, 0.5) is 0 Å². The van der Waals surface area contributed by atoms with Gasteiger partial charge in [0.2, 0.25) is 0 Å². The highest BCUT2D eigenvalue weighted by molar-refractivity contribution is 7.10. The zero-order chi connectivity index (χ0) is 10.4. The summed E-state index contributed by atoms with van der Waals surface area (Å²) >= 11 is 7.35. The molecule has 0 saturated heterocycles. The van der Waals surface area contributed by atoms with Gasteiger partial charge in [-0.05, 0) is 19.0 Å². The minimum atomic E-state index is -0.744. The van der Waals surface area contributed by atoms with Gasteiger partial charge in [-0.1, -0.05) is 11.6 Å². The van der Waals surface area contributed by atoms with Crippen LogP contribution in [0.25, 0.3) is 0 Å². The summed E-state index contributed by atoms with van der Waals surface area (Å²) in [7, 11) is 0. The third kappa shape index (κ3) is 4.60. The zero-order valence-corrected chi connectivity index (χ0v) is 9.20. The van der Waals surface area contributed by atoms with E-state index in [1.54, 1.807) is 11.3 Å². The number of halogens is 1. The summed E-state index contributed by atoms with van der Waals surface area (Å²) in [4.78, 5) is 11.4. The van der Waals surface area contributed by atoms with Crippen LogP contribution < -0.4 is 5.32 Å². The maximum atomic E-state index is 10.2. The molecule has 0 amide bonds. The van der Waals surface area contributed by atoms with Gasteiger partial charge >= 0.3 is 5.97 Å². The van der Waals surface area contributed by atoms with Crippen LogP contribution in [0.1, 0.15) is 17.7 Å². The molecule has 0 atom stereocenters. The summed E-state index contributed by atoms with van der Waals surface area (Å²) in [5.74, 6) is -0.744. The van der Waals surface area contributed by atoms with Crippen LogP contribution in [-0.4, -0.2) is 17.6 Å². The number of thiophene rings is 1. The van der Waals surface area contributed by atoms with Crippen molar-refractivity contribution >= 4 is 28.9 Å². The van der Waals surface area contributed by atoms with Gasteiger partial charge in [-0.3, -0.25) is 4.79 Å². The van der Waals surface area contributed by atoms with Gasteiger partial charge in [0.1, 0.15) is 0 Å². The van der Waals surface area contributed by atoms with E-state index in [0.717, 1.165) is 18.1 Å². The summed E-state index contributed by atoms with van der Waals surface area (Å²) in [6.45, 7) is 1.48. The van der Waals surface area contributed by atoms with Crippen LogP contribution in [0.2, 0.25) is 5.02 Å². The average Bonchev–Trinajstić information content (AvgIpc) is 2.50. The molecule has 0 aliphatic rings. The van der Waals surface area contributed by atoms with E-state index in [-0.39, 0.29) is 6.42 Å². The Labute approximate surface area is 91.7 Å². The second-order valence-electron chi connectivity index (χ2n) is 2.91. The maximum Gasteiger partial charge on any atom is 0.303 e. The van der Waals surface area contributed by atoms with E-state index in [0.29, 0.717) is 6.42 Å². The molecule has 3 nitrogen and oxygen atoms in total. The number of hydrogen-bond acceptors (Lipinski definition) is 3. The molecule has 0 spiro atoms. The van der Waals surface area contributed by atoms with Crippen molar-refractivity contribution in [3.8, 4) is 0 Å². The van der Waals surface area contributed by atoms with E-state index in [4.69, 9.17) is 16.7 Å². The van der Waals surface area contributed by atoms with Crippen molar-refractivity contribution in [2.75, 3.05) is 6.54 Å². The zero-order valence-electron chi connectivity index (χ0n) is 7.62. The van der Waals surface area contributed by atoms with Crippen LogP contribution in [0.3, 0.4) is 0 Å². The predicted octanol–water partition coefficient (Wildman–Crippen LogP) is 2.36. The molecule has 0 aliphatic carbocycles. The topological polar surface area (TPSA) is 49.3 Å². The van der Waals surface area contributed by atoms with Gasteiger partial charge in [0, 0.05) is 23.2 Å². The van der Waals surface area contributed by atoms with Gasteiger partial charge in [-0.2, -0.15) is 0 Å². The van der Waals surface area contributed by atoms with Crippen molar-refractivity contribution < 1.29 is 9.90 Å². The lowest BCUT2D eigenvalue weighted by Gasteiger charge is -2.00. The average molecular weight is 234 g/mol. The van der Waals surface area contributed by atoms with Crippen molar-refractivity contribution in [3.05, 3.63) is 21.3 Å². The fraction of sp³-hybridized carbons (Fsp3) is 0.444. The largest absolute Gasteiger partial charge is 0.481 e. The molecule has 5 heteroatoms. The molecule has 0 radical (unpaired) electrons. The van der Waals surface area contributed by atoms with Crippen molar-refractivity contribution in [1.29, 1.82) is 0 Å². The summed E-state index contributed by atoms with van der Waals surface area (Å²) in [5.41, 5.74) is 0. The first-order valence-electron chi connectivity index (χ1n) is 4.34. The molecule has 1 aromatic rings. The van der Waals surface area contributed by atoms with E-state index in [2.05, 4.69) is 5.32 Å². The summed E-state index contributed by atoms with van der Waals surface area (Å²) < 4.78 is 0. The standard InChI is InChI=1S/C9H12ClNO2S/c10-7-4-8(14-6-7)5-11-3-1-2-9(12)13/h4,6,11H,1-3,5H2,(H,12,13). The molecule has 78 valence electrons. The Bertz CT molecular complexity index is 301. The van der Waals surface area contributed by atoms with Gasteiger partial charge in [0.25, 0.3) is 0 Å². The Morgan fingerprint density at radius 1 is 1.64 bits per heavy atom. The minimum Gasteiger partial charge on any atom is -0.481 e. The molecule has 2 N–H and O–H groups in total. The summed E-state index contributed by atoms with van der Waals surface area (Å²) in [5, 5.41) is 14.2. The Hall–Kier alpha value is -0.580. The van der Waals surface area contributed by atoms with Gasteiger partial charge in [-0.15, -0.1) is 11.3 Å². The van der Waals surface area contributed by atoms with Gasteiger partial charge in [-0.25, -0.2) is 0 Å². The Kier molecular flexibility index (Phi) is 4.93. The third-order valence-electron chi connectivity index (χ3n) is 1.67. The minimum absolute atomic E-state index is 0.220. The Balaban J connectivity index is 2.07. The van der Waals surface area contributed by atoms with Crippen molar-refractivity contribution in [2.24, 2.45) is 0 Å². The highest BCUT2D eigenvalue weighted by atomic mass is 35.5. The summed E-state index contributed by atoms with van der Waals surface area (Å²) in [6, 6.07) is 1.91. The van der Waals surface area contributed by atoms with E-state index < -0.39 is 5.97 Å². The maximum absolute atomic E-state index is 10.2. The van der Waals surface area contributed by atoms with E-state index in [9.17, 15) is 4.79 Å². The predicted molar refractivity (Wildman–Crippen MR) is 57.9 cm³/mol. The fourth-order valence-corrected chi connectivity index (χ4v) is 2.07. The molecule has 0 saturated carbocycles. The number of nitrogens with one attached hydrogen (secondary N) is 1. The highest BCUT2D eigenvalue weighted by Crippen LogP contribution is 2.18. The SMILES string of the molecule is O=C(O)CCCNCc1cc(Cl)cs1. The number of aliphatic carboxylic acids is 1. The van der Waals surface area contributed by atoms with E-state index in [1.165, 1.54) is 4.88 Å². The molecule has 14 heavy (non-hydrogen) atoms. The first kappa shape index (κ1) is 11.5. The second kappa shape index (κ2) is 6.01. The Morgan fingerprint density at radius 2 is 2.43 bits per heavy atom. The van der Waals surface area contributed by atoms with Crippen LogP contribution in [0.5, 0.6) is 0 Å². The smallest absolute Gasteiger partial charge is 0.303 e. The molecule has 0 aromatic carbocycles. The van der Waals surface area contributed by atoms with Crippen LogP contribution in [0, 0.1) is 0 Å². The first-order chi connectivity index (χ1) is 6.68.